The molecule has 4 amide bonds. The third-order valence-electron chi connectivity index (χ3n) is 6.69. The molecule has 0 N–H and O–H groups in total. The fourth-order valence-electron chi connectivity index (χ4n) is 5.04. The first-order valence-electron chi connectivity index (χ1n) is 11.6. The van der Waals surface area contributed by atoms with Crippen molar-refractivity contribution >= 4 is 29.2 Å². The standard InChI is InChI=1S/C27H27N3O3S/c1-2-22-21-14-16-34-23(21)13-15-28(22)24(31)18-30-26(32)25(20-11-7-4-8-12-20)29(27(30)33)17-19-9-5-3-6-10-19/h3-12,14,16,22,25H,2,13,15,17-18H2,1H3. The summed E-state index contributed by atoms with van der Waals surface area (Å²) in [6.07, 6.45) is 1.61. The van der Waals surface area contributed by atoms with Crippen LogP contribution in [0.15, 0.2) is 72.1 Å². The van der Waals surface area contributed by atoms with E-state index in [0.29, 0.717) is 13.1 Å². The summed E-state index contributed by atoms with van der Waals surface area (Å²) in [7, 11) is 0. The third kappa shape index (κ3) is 4.01. The van der Waals surface area contributed by atoms with Crippen LogP contribution < -0.4 is 0 Å². The molecule has 174 valence electrons. The molecule has 7 heteroatoms. The molecule has 3 heterocycles. The van der Waals surface area contributed by atoms with Gasteiger partial charge in [-0.15, -0.1) is 11.3 Å². The molecule has 2 unspecified atom stereocenters. The Morgan fingerprint density at radius 2 is 1.71 bits per heavy atom. The molecule has 2 aliphatic rings. The first kappa shape index (κ1) is 22.3. The molecule has 1 saturated heterocycles. The minimum absolute atomic E-state index is 0.0133. The van der Waals surface area contributed by atoms with Gasteiger partial charge in [0.15, 0.2) is 0 Å². The van der Waals surface area contributed by atoms with Gasteiger partial charge in [-0.05, 0) is 41.0 Å². The molecule has 5 rings (SSSR count). The van der Waals surface area contributed by atoms with E-state index in [2.05, 4.69) is 18.4 Å². The van der Waals surface area contributed by atoms with Crippen molar-refractivity contribution in [2.45, 2.75) is 38.4 Å². The highest BCUT2D eigenvalue weighted by molar-refractivity contribution is 7.10. The Morgan fingerprint density at radius 1 is 1.00 bits per heavy atom. The van der Waals surface area contributed by atoms with E-state index in [4.69, 9.17) is 0 Å². The molecule has 1 fully saturated rings. The number of hydrogen-bond donors (Lipinski definition) is 0. The zero-order valence-corrected chi connectivity index (χ0v) is 19.9. The minimum atomic E-state index is -0.742. The van der Waals surface area contributed by atoms with Crippen molar-refractivity contribution in [3.05, 3.63) is 93.7 Å². The van der Waals surface area contributed by atoms with Crippen molar-refractivity contribution in [1.29, 1.82) is 0 Å². The van der Waals surface area contributed by atoms with Crippen molar-refractivity contribution in [2.24, 2.45) is 0 Å². The lowest BCUT2D eigenvalue weighted by Crippen LogP contribution is -2.46. The van der Waals surface area contributed by atoms with E-state index in [-0.39, 0.29) is 24.4 Å². The van der Waals surface area contributed by atoms with Crippen molar-refractivity contribution in [3.63, 3.8) is 0 Å². The second kappa shape index (κ2) is 9.43. The van der Waals surface area contributed by atoms with Crippen molar-refractivity contribution in [2.75, 3.05) is 13.1 Å². The van der Waals surface area contributed by atoms with Gasteiger partial charge in [0.2, 0.25) is 5.91 Å². The van der Waals surface area contributed by atoms with Gasteiger partial charge in [0.1, 0.15) is 12.6 Å². The maximum absolute atomic E-state index is 13.5. The van der Waals surface area contributed by atoms with Crippen LogP contribution in [-0.2, 0) is 22.6 Å². The zero-order chi connectivity index (χ0) is 23.7. The van der Waals surface area contributed by atoms with Crippen LogP contribution in [0.5, 0.6) is 0 Å². The molecule has 3 aromatic rings. The van der Waals surface area contributed by atoms with E-state index in [0.717, 1.165) is 28.9 Å². The normalized spacial score (nSPS) is 20.1. The lowest BCUT2D eigenvalue weighted by atomic mass is 9.97. The van der Waals surface area contributed by atoms with E-state index in [9.17, 15) is 14.4 Å². The van der Waals surface area contributed by atoms with Gasteiger partial charge in [0.25, 0.3) is 5.91 Å². The second-order valence-corrected chi connectivity index (χ2v) is 9.69. The molecule has 1 aromatic heterocycles. The van der Waals surface area contributed by atoms with Gasteiger partial charge in [0.05, 0.1) is 6.04 Å². The molecule has 2 atom stereocenters. The number of amides is 4. The largest absolute Gasteiger partial charge is 0.334 e. The van der Waals surface area contributed by atoms with Gasteiger partial charge in [0, 0.05) is 18.0 Å². The number of nitrogens with zero attached hydrogens (tertiary/aromatic N) is 3. The molecule has 0 saturated carbocycles. The van der Waals surface area contributed by atoms with Crippen LogP contribution in [-0.4, -0.2) is 45.6 Å². The van der Waals surface area contributed by atoms with Gasteiger partial charge in [-0.25, -0.2) is 4.79 Å². The van der Waals surface area contributed by atoms with Gasteiger partial charge < -0.3 is 9.80 Å². The molecule has 0 spiro atoms. The number of rotatable bonds is 6. The van der Waals surface area contributed by atoms with E-state index >= 15 is 0 Å². The predicted molar refractivity (Wildman–Crippen MR) is 131 cm³/mol. The number of imide groups is 1. The monoisotopic (exact) mass is 473 g/mol. The third-order valence-corrected chi connectivity index (χ3v) is 7.69. The predicted octanol–water partition coefficient (Wildman–Crippen LogP) is 4.79. The van der Waals surface area contributed by atoms with E-state index in [1.165, 1.54) is 10.4 Å². The number of carbonyl (C=O) groups excluding carboxylic acids is 3. The summed E-state index contributed by atoms with van der Waals surface area (Å²) in [5.41, 5.74) is 2.88. The molecule has 0 bridgehead atoms. The van der Waals surface area contributed by atoms with Crippen LogP contribution in [0.3, 0.4) is 0 Å². The van der Waals surface area contributed by atoms with E-state index < -0.39 is 12.1 Å². The average Bonchev–Trinajstić information content (AvgIpc) is 3.43. The first-order valence-corrected chi connectivity index (χ1v) is 12.5. The van der Waals surface area contributed by atoms with Crippen LogP contribution in [0, 0.1) is 0 Å². The Labute approximate surface area is 203 Å². The van der Waals surface area contributed by atoms with Gasteiger partial charge in [-0.3, -0.25) is 14.5 Å². The second-order valence-electron chi connectivity index (χ2n) is 8.69. The number of hydrogen-bond acceptors (Lipinski definition) is 4. The summed E-state index contributed by atoms with van der Waals surface area (Å²) in [5, 5.41) is 2.07. The Hall–Kier alpha value is -3.45. The summed E-state index contributed by atoms with van der Waals surface area (Å²) in [5.74, 6) is -0.527. The van der Waals surface area contributed by atoms with Crippen molar-refractivity contribution in [1.82, 2.24) is 14.7 Å². The average molecular weight is 474 g/mol. The van der Waals surface area contributed by atoms with Gasteiger partial charge in [-0.2, -0.15) is 0 Å². The summed E-state index contributed by atoms with van der Waals surface area (Å²) < 4.78 is 0. The zero-order valence-electron chi connectivity index (χ0n) is 19.1. The lowest BCUT2D eigenvalue weighted by molar-refractivity contribution is -0.139. The number of urea groups is 1. The quantitative estimate of drug-likeness (QED) is 0.484. The summed E-state index contributed by atoms with van der Waals surface area (Å²) >= 11 is 1.73. The Bertz CT molecular complexity index is 1190. The lowest BCUT2D eigenvalue weighted by Gasteiger charge is -2.36. The fraction of sp³-hybridized carbons (Fsp3) is 0.296. The van der Waals surface area contributed by atoms with Crippen LogP contribution in [0.2, 0.25) is 0 Å². The molecule has 0 aliphatic carbocycles. The van der Waals surface area contributed by atoms with Gasteiger partial charge >= 0.3 is 6.03 Å². The highest BCUT2D eigenvalue weighted by Crippen LogP contribution is 2.36. The molecule has 6 nitrogen and oxygen atoms in total. The Kier molecular flexibility index (Phi) is 6.20. The van der Waals surface area contributed by atoms with E-state index in [1.807, 2.05) is 65.6 Å². The topological polar surface area (TPSA) is 60.9 Å². The SMILES string of the molecule is CCC1c2ccsc2CCN1C(=O)CN1C(=O)C(c2ccccc2)N(Cc2ccccc2)C1=O. The van der Waals surface area contributed by atoms with Gasteiger partial charge in [-0.1, -0.05) is 67.6 Å². The minimum Gasteiger partial charge on any atom is -0.334 e. The summed E-state index contributed by atoms with van der Waals surface area (Å²) in [6, 6.07) is 19.8. The fourth-order valence-corrected chi connectivity index (χ4v) is 5.97. The molecular formula is C27H27N3O3S. The molecule has 0 radical (unpaired) electrons. The maximum atomic E-state index is 13.5. The molecule has 2 aromatic carbocycles. The number of benzene rings is 2. The molecule has 34 heavy (non-hydrogen) atoms. The highest BCUT2D eigenvalue weighted by Gasteiger charge is 2.47. The Morgan fingerprint density at radius 3 is 2.41 bits per heavy atom. The number of carbonyl (C=O) groups is 3. The summed E-state index contributed by atoms with van der Waals surface area (Å²) in [6.45, 7) is 2.74. The molecule has 2 aliphatic heterocycles. The van der Waals surface area contributed by atoms with Crippen LogP contribution >= 0.6 is 11.3 Å². The maximum Gasteiger partial charge on any atom is 0.328 e. The van der Waals surface area contributed by atoms with Crippen LogP contribution in [0.25, 0.3) is 0 Å². The number of thiophene rings is 1. The Balaban J connectivity index is 1.41. The highest BCUT2D eigenvalue weighted by atomic mass is 32.1. The first-order chi connectivity index (χ1) is 16.6. The van der Waals surface area contributed by atoms with E-state index in [1.54, 1.807) is 16.2 Å². The molecular weight excluding hydrogens is 446 g/mol. The number of fused-ring (bicyclic) bond motifs is 1. The van der Waals surface area contributed by atoms with Crippen LogP contribution in [0.1, 0.15) is 47.0 Å². The smallest absolute Gasteiger partial charge is 0.328 e. The van der Waals surface area contributed by atoms with Crippen LogP contribution in [0.4, 0.5) is 4.79 Å². The summed E-state index contributed by atoms with van der Waals surface area (Å²) in [4.78, 5) is 46.3. The van der Waals surface area contributed by atoms with Crippen molar-refractivity contribution in [3.8, 4) is 0 Å². The van der Waals surface area contributed by atoms with Crippen molar-refractivity contribution < 1.29 is 14.4 Å².